The number of halogens is 1. The molecule has 1 saturated heterocycles. The van der Waals surface area contributed by atoms with Gasteiger partial charge in [-0.05, 0) is 42.0 Å². The van der Waals surface area contributed by atoms with E-state index in [1.54, 1.807) is 28.4 Å². The first-order valence-corrected chi connectivity index (χ1v) is 9.83. The zero-order chi connectivity index (χ0) is 18.5. The second-order valence-electron chi connectivity index (χ2n) is 6.54. The Labute approximate surface area is 157 Å². The van der Waals surface area contributed by atoms with Gasteiger partial charge in [-0.1, -0.05) is 25.1 Å². The summed E-state index contributed by atoms with van der Waals surface area (Å²) in [7, 11) is 0. The molecule has 1 aliphatic heterocycles. The van der Waals surface area contributed by atoms with Crippen LogP contribution < -0.4 is 5.32 Å². The summed E-state index contributed by atoms with van der Waals surface area (Å²) in [6.07, 6.45) is 2.08. The summed E-state index contributed by atoms with van der Waals surface area (Å²) in [5.74, 6) is -0.467. The molecule has 0 radical (unpaired) electrons. The molecule has 1 aromatic heterocycles. The molecule has 4 nitrogen and oxygen atoms in total. The predicted molar refractivity (Wildman–Crippen MR) is 100 cm³/mol. The second kappa shape index (κ2) is 8.45. The molecular formula is C20H23FN2O2S. The van der Waals surface area contributed by atoms with E-state index in [4.69, 9.17) is 0 Å². The number of amides is 2. The van der Waals surface area contributed by atoms with E-state index in [1.807, 2.05) is 24.4 Å². The third-order valence-electron chi connectivity index (χ3n) is 4.76. The van der Waals surface area contributed by atoms with E-state index in [0.29, 0.717) is 13.0 Å². The normalized spacial score (nSPS) is 18.4. The number of carbonyl (C=O) groups excluding carboxylic acids is 2. The minimum absolute atomic E-state index is 0.0543. The molecule has 0 saturated carbocycles. The van der Waals surface area contributed by atoms with E-state index < -0.39 is 0 Å². The van der Waals surface area contributed by atoms with E-state index in [-0.39, 0.29) is 29.6 Å². The Morgan fingerprint density at radius 3 is 2.73 bits per heavy atom. The number of nitrogens with zero attached hydrogens (tertiary/aromatic N) is 1. The summed E-state index contributed by atoms with van der Waals surface area (Å²) in [5, 5.41) is 5.07. The average Bonchev–Trinajstić information content (AvgIpc) is 3.20. The van der Waals surface area contributed by atoms with Crippen LogP contribution in [0.4, 0.5) is 4.39 Å². The van der Waals surface area contributed by atoms with Crippen LogP contribution >= 0.6 is 11.3 Å². The van der Waals surface area contributed by atoms with Crippen LogP contribution in [0.15, 0.2) is 41.8 Å². The standard InChI is InChI=1S/C20H23FN2O2S/c1-2-18(24)23-11-3-5-15(13-23)20(25)22-19(17-6-4-12-26-17)14-7-9-16(21)10-8-14/h4,6-10,12,15,19H,2-3,5,11,13H2,1H3,(H,22,25)/t15-,19+/m0/s1. The molecule has 0 aliphatic carbocycles. The second-order valence-corrected chi connectivity index (χ2v) is 7.52. The summed E-state index contributed by atoms with van der Waals surface area (Å²) < 4.78 is 13.3. The lowest BCUT2D eigenvalue weighted by Gasteiger charge is -2.32. The maximum atomic E-state index is 13.3. The monoisotopic (exact) mass is 374 g/mol. The van der Waals surface area contributed by atoms with E-state index in [2.05, 4.69) is 5.32 Å². The highest BCUT2D eigenvalue weighted by Crippen LogP contribution is 2.27. The van der Waals surface area contributed by atoms with Gasteiger partial charge in [-0.15, -0.1) is 11.3 Å². The van der Waals surface area contributed by atoms with Gasteiger partial charge in [-0.2, -0.15) is 0 Å². The summed E-state index contributed by atoms with van der Waals surface area (Å²) in [5.41, 5.74) is 0.847. The molecule has 0 bridgehead atoms. The number of piperidine rings is 1. The minimum Gasteiger partial charge on any atom is -0.344 e. The first-order chi connectivity index (χ1) is 12.6. The first kappa shape index (κ1) is 18.6. The Bertz CT molecular complexity index is 746. The highest BCUT2D eigenvalue weighted by molar-refractivity contribution is 7.10. The fraction of sp³-hybridized carbons (Fsp3) is 0.400. The van der Waals surface area contributed by atoms with Gasteiger partial charge >= 0.3 is 0 Å². The predicted octanol–water partition coefficient (Wildman–Crippen LogP) is 3.74. The number of hydrogen-bond donors (Lipinski definition) is 1. The van der Waals surface area contributed by atoms with Gasteiger partial charge in [-0.25, -0.2) is 4.39 Å². The summed E-state index contributed by atoms with van der Waals surface area (Å²) in [4.78, 5) is 27.6. The van der Waals surface area contributed by atoms with Gasteiger partial charge in [0.05, 0.1) is 12.0 Å². The first-order valence-electron chi connectivity index (χ1n) is 8.95. The van der Waals surface area contributed by atoms with Crippen molar-refractivity contribution in [3.05, 3.63) is 58.0 Å². The number of carbonyl (C=O) groups is 2. The van der Waals surface area contributed by atoms with Gasteiger partial charge in [0.2, 0.25) is 11.8 Å². The van der Waals surface area contributed by atoms with Crippen LogP contribution in [-0.2, 0) is 9.59 Å². The quantitative estimate of drug-likeness (QED) is 0.867. The van der Waals surface area contributed by atoms with Crippen molar-refractivity contribution >= 4 is 23.2 Å². The third kappa shape index (κ3) is 4.30. The zero-order valence-electron chi connectivity index (χ0n) is 14.8. The Kier molecular flexibility index (Phi) is 6.04. The van der Waals surface area contributed by atoms with Crippen LogP contribution in [0.1, 0.15) is 42.7 Å². The Balaban J connectivity index is 1.75. The molecule has 26 heavy (non-hydrogen) atoms. The number of thiophene rings is 1. The molecule has 1 fully saturated rings. The Hall–Kier alpha value is -2.21. The highest BCUT2D eigenvalue weighted by Gasteiger charge is 2.29. The number of nitrogens with one attached hydrogen (secondary N) is 1. The summed E-state index contributed by atoms with van der Waals surface area (Å²) >= 11 is 1.55. The zero-order valence-corrected chi connectivity index (χ0v) is 15.6. The van der Waals surface area contributed by atoms with Crippen LogP contribution in [0.2, 0.25) is 0 Å². The molecule has 6 heteroatoms. The molecular weight excluding hydrogens is 351 g/mol. The fourth-order valence-electron chi connectivity index (χ4n) is 3.33. The lowest BCUT2D eigenvalue weighted by molar-refractivity contribution is -0.135. The lowest BCUT2D eigenvalue weighted by Crippen LogP contribution is -2.46. The molecule has 3 rings (SSSR count). The smallest absolute Gasteiger partial charge is 0.225 e. The highest BCUT2D eigenvalue weighted by atomic mass is 32.1. The molecule has 2 aromatic rings. The van der Waals surface area contributed by atoms with Crippen molar-refractivity contribution in [2.45, 2.75) is 32.2 Å². The van der Waals surface area contributed by atoms with Crippen LogP contribution in [0, 0.1) is 11.7 Å². The van der Waals surface area contributed by atoms with Gasteiger partial charge in [0.1, 0.15) is 5.82 Å². The minimum atomic E-state index is -0.305. The van der Waals surface area contributed by atoms with Gasteiger partial charge in [0.15, 0.2) is 0 Å². The van der Waals surface area contributed by atoms with E-state index in [0.717, 1.165) is 29.8 Å². The number of rotatable bonds is 5. The molecule has 2 amide bonds. The molecule has 0 unspecified atom stereocenters. The van der Waals surface area contributed by atoms with Crippen molar-refractivity contribution in [3.63, 3.8) is 0 Å². The molecule has 2 heterocycles. The number of hydrogen-bond acceptors (Lipinski definition) is 3. The molecule has 1 aromatic carbocycles. The maximum absolute atomic E-state index is 13.3. The summed E-state index contributed by atoms with van der Waals surface area (Å²) in [6, 6.07) is 9.81. The average molecular weight is 374 g/mol. The van der Waals surface area contributed by atoms with Crippen molar-refractivity contribution in [1.82, 2.24) is 10.2 Å². The van der Waals surface area contributed by atoms with E-state index in [1.165, 1.54) is 12.1 Å². The number of likely N-dealkylation sites (tertiary alicyclic amines) is 1. The van der Waals surface area contributed by atoms with Gasteiger partial charge < -0.3 is 10.2 Å². The van der Waals surface area contributed by atoms with Crippen LogP contribution in [0.5, 0.6) is 0 Å². The molecule has 138 valence electrons. The molecule has 1 aliphatic rings. The lowest BCUT2D eigenvalue weighted by atomic mass is 9.95. The van der Waals surface area contributed by atoms with Crippen LogP contribution in [0.3, 0.4) is 0 Å². The molecule has 2 atom stereocenters. The van der Waals surface area contributed by atoms with E-state index in [9.17, 15) is 14.0 Å². The molecule has 1 N–H and O–H groups in total. The van der Waals surface area contributed by atoms with Crippen molar-refractivity contribution in [2.75, 3.05) is 13.1 Å². The van der Waals surface area contributed by atoms with Gasteiger partial charge in [0.25, 0.3) is 0 Å². The Morgan fingerprint density at radius 1 is 1.31 bits per heavy atom. The topological polar surface area (TPSA) is 49.4 Å². The summed E-state index contributed by atoms with van der Waals surface area (Å²) in [6.45, 7) is 3.04. The van der Waals surface area contributed by atoms with Crippen LogP contribution in [-0.4, -0.2) is 29.8 Å². The van der Waals surface area contributed by atoms with Gasteiger partial charge in [0, 0.05) is 24.4 Å². The van der Waals surface area contributed by atoms with Crippen LogP contribution in [0.25, 0.3) is 0 Å². The largest absolute Gasteiger partial charge is 0.344 e. The van der Waals surface area contributed by atoms with Crippen molar-refractivity contribution < 1.29 is 14.0 Å². The third-order valence-corrected chi connectivity index (χ3v) is 5.70. The van der Waals surface area contributed by atoms with Crippen molar-refractivity contribution in [3.8, 4) is 0 Å². The SMILES string of the molecule is CCC(=O)N1CCC[C@H](C(=O)N[C@H](c2ccc(F)cc2)c2cccs2)C1. The number of benzene rings is 1. The van der Waals surface area contributed by atoms with Gasteiger partial charge in [-0.3, -0.25) is 9.59 Å². The Morgan fingerprint density at radius 2 is 2.08 bits per heavy atom. The van der Waals surface area contributed by atoms with Crippen molar-refractivity contribution in [1.29, 1.82) is 0 Å². The fourth-order valence-corrected chi connectivity index (χ4v) is 4.13. The van der Waals surface area contributed by atoms with E-state index >= 15 is 0 Å². The van der Waals surface area contributed by atoms with Crippen molar-refractivity contribution in [2.24, 2.45) is 5.92 Å². The molecule has 0 spiro atoms. The maximum Gasteiger partial charge on any atom is 0.225 e.